The van der Waals surface area contributed by atoms with Crippen LogP contribution < -0.4 is 14.8 Å². The third-order valence-electron chi connectivity index (χ3n) is 3.31. The van der Waals surface area contributed by atoms with Crippen LogP contribution in [0.4, 0.5) is 11.5 Å². The fraction of sp³-hybridized carbons (Fsp3) is 0.0625. The molecule has 0 radical (unpaired) electrons. The van der Waals surface area contributed by atoms with E-state index in [1.165, 1.54) is 0 Å². The molecule has 0 amide bonds. The molecule has 0 unspecified atom stereocenters. The second-order valence-corrected chi connectivity index (χ2v) is 4.73. The molecule has 5 nitrogen and oxygen atoms in total. The van der Waals surface area contributed by atoms with E-state index < -0.39 is 0 Å². The third-order valence-corrected chi connectivity index (χ3v) is 3.31. The molecule has 0 fully saturated rings. The van der Waals surface area contributed by atoms with Gasteiger partial charge in [-0.15, -0.1) is 0 Å². The highest BCUT2D eigenvalue weighted by molar-refractivity contribution is 5.68. The first-order chi connectivity index (χ1) is 10.4. The van der Waals surface area contributed by atoms with Gasteiger partial charge in [0.05, 0.1) is 5.69 Å². The second-order valence-electron chi connectivity index (χ2n) is 4.73. The Morgan fingerprint density at radius 2 is 1.81 bits per heavy atom. The van der Waals surface area contributed by atoms with Gasteiger partial charge in [0, 0.05) is 17.3 Å². The minimum atomic E-state index is 0.280. The van der Waals surface area contributed by atoms with Crippen LogP contribution in [0, 0.1) is 0 Å². The number of aromatic amines is 1. The average Bonchev–Trinajstić information content (AvgIpc) is 3.16. The molecule has 2 aromatic carbocycles. The van der Waals surface area contributed by atoms with Gasteiger partial charge in [0.2, 0.25) is 6.79 Å². The zero-order valence-corrected chi connectivity index (χ0v) is 11.2. The number of aromatic nitrogens is 2. The molecule has 1 aromatic heterocycles. The van der Waals surface area contributed by atoms with Crippen LogP contribution in [-0.4, -0.2) is 17.0 Å². The van der Waals surface area contributed by atoms with Crippen LogP contribution in [0.2, 0.25) is 0 Å². The molecule has 1 aliphatic heterocycles. The van der Waals surface area contributed by atoms with E-state index >= 15 is 0 Å². The summed E-state index contributed by atoms with van der Waals surface area (Å²) in [4.78, 5) is 0. The van der Waals surface area contributed by atoms with Gasteiger partial charge in [-0.05, 0) is 30.3 Å². The number of H-pyrrole nitrogens is 1. The van der Waals surface area contributed by atoms with E-state index in [1.807, 2.05) is 54.6 Å². The lowest BCUT2D eigenvalue weighted by Gasteiger charge is -2.01. The van der Waals surface area contributed by atoms with E-state index in [-0.39, 0.29) is 6.79 Å². The summed E-state index contributed by atoms with van der Waals surface area (Å²) in [5, 5.41) is 10.5. The number of anilines is 2. The predicted octanol–water partition coefficient (Wildman–Crippen LogP) is 3.55. The normalized spacial score (nSPS) is 12.4. The van der Waals surface area contributed by atoms with Gasteiger partial charge in [-0.1, -0.05) is 18.2 Å². The minimum absolute atomic E-state index is 0.280. The van der Waals surface area contributed by atoms with Crippen LogP contribution in [-0.2, 0) is 0 Å². The molecule has 104 valence electrons. The highest BCUT2D eigenvalue weighted by atomic mass is 16.7. The number of rotatable bonds is 3. The molecule has 0 saturated carbocycles. The molecular weight excluding hydrogens is 266 g/mol. The Labute approximate surface area is 121 Å². The summed E-state index contributed by atoms with van der Waals surface area (Å²) in [5.74, 6) is 2.31. The fourth-order valence-corrected chi connectivity index (χ4v) is 2.27. The first-order valence-corrected chi connectivity index (χ1v) is 6.66. The number of para-hydroxylation sites is 1. The first kappa shape index (κ1) is 11.8. The zero-order valence-electron chi connectivity index (χ0n) is 11.2. The number of hydrogen-bond acceptors (Lipinski definition) is 4. The Balaban J connectivity index is 1.59. The van der Waals surface area contributed by atoms with Gasteiger partial charge in [-0.3, -0.25) is 5.10 Å². The fourth-order valence-electron chi connectivity index (χ4n) is 2.27. The predicted molar refractivity (Wildman–Crippen MR) is 79.9 cm³/mol. The van der Waals surface area contributed by atoms with Crippen LogP contribution in [0.15, 0.2) is 54.6 Å². The minimum Gasteiger partial charge on any atom is -0.454 e. The maximum Gasteiger partial charge on any atom is 0.231 e. The summed E-state index contributed by atoms with van der Waals surface area (Å²) in [6, 6.07) is 17.7. The molecule has 1 aliphatic rings. The standard InChI is InChI=1S/C16H13N3O2/c1-2-4-12(5-3-1)17-16-9-13(18-19-16)11-6-7-14-15(8-11)21-10-20-14/h1-9H,10H2,(H2,17,18,19). The monoisotopic (exact) mass is 279 g/mol. The number of benzene rings is 2. The smallest absolute Gasteiger partial charge is 0.231 e. The molecule has 4 rings (SSSR count). The van der Waals surface area contributed by atoms with Crippen molar-refractivity contribution in [3.63, 3.8) is 0 Å². The summed E-state index contributed by atoms with van der Waals surface area (Å²) in [5.41, 5.74) is 2.93. The quantitative estimate of drug-likeness (QED) is 0.769. The molecule has 0 atom stereocenters. The van der Waals surface area contributed by atoms with Crippen molar-refractivity contribution in [3.05, 3.63) is 54.6 Å². The average molecular weight is 279 g/mol. The van der Waals surface area contributed by atoms with Crippen LogP contribution in [0.25, 0.3) is 11.3 Å². The number of nitrogens with zero attached hydrogens (tertiary/aromatic N) is 1. The van der Waals surface area contributed by atoms with Gasteiger partial charge in [0.15, 0.2) is 17.3 Å². The Kier molecular flexibility index (Phi) is 2.74. The van der Waals surface area contributed by atoms with Crippen LogP contribution in [0.5, 0.6) is 11.5 Å². The molecule has 0 bridgehead atoms. The Morgan fingerprint density at radius 1 is 0.952 bits per heavy atom. The second kappa shape index (κ2) is 4.86. The lowest BCUT2D eigenvalue weighted by atomic mass is 10.1. The highest BCUT2D eigenvalue weighted by Gasteiger charge is 2.14. The van der Waals surface area contributed by atoms with Crippen molar-refractivity contribution in [2.24, 2.45) is 0 Å². The van der Waals surface area contributed by atoms with Crippen molar-refractivity contribution in [2.75, 3.05) is 12.1 Å². The zero-order chi connectivity index (χ0) is 14.1. The number of fused-ring (bicyclic) bond motifs is 1. The van der Waals surface area contributed by atoms with Gasteiger partial charge in [-0.25, -0.2) is 0 Å². The maximum atomic E-state index is 5.39. The van der Waals surface area contributed by atoms with E-state index in [0.29, 0.717) is 0 Å². The van der Waals surface area contributed by atoms with E-state index in [2.05, 4.69) is 15.5 Å². The molecule has 2 heterocycles. The molecule has 5 heteroatoms. The summed E-state index contributed by atoms with van der Waals surface area (Å²) in [6.45, 7) is 0.280. The van der Waals surface area contributed by atoms with E-state index in [1.54, 1.807) is 0 Å². The van der Waals surface area contributed by atoms with Crippen molar-refractivity contribution in [2.45, 2.75) is 0 Å². The SMILES string of the molecule is c1ccc(Nc2cc(-c3ccc4c(c3)OCO4)[nH]n2)cc1. The molecule has 0 aliphatic carbocycles. The highest BCUT2D eigenvalue weighted by Crippen LogP contribution is 2.35. The van der Waals surface area contributed by atoms with E-state index in [0.717, 1.165) is 34.3 Å². The lowest BCUT2D eigenvalue weighted by molar-refractivity contribution is 0.174. The molecule has 2 N–H and O–H groups in total. The van der Waals surface area contributed by atoms with Crippen molar-refractivity contribution in [1.29, 1.82) is 0 Å². The van der Waals surface area contributed by atoms with Gasteiger partial charge >= 0.3 is 0 Å². The number of nitrogens with one attached hydrogen (secondary N) is 2. The van der Waals surface area contributed by atoms with Crippen LogP contribution in [0.1, 0.15) is 0 Å². The largest absolute Gasteiger partial charge is 0.454 e. The maximum absolute atomic E-state index is 5.39. The van der Waals surface area contributed by atoms with Crippen molar-refractivity contribution in [1.82, 2.24) is 10.2 Å². The van der Waals surface area contributed by atoms with Crippen molar-refractivity contribution in [3.8, 4) is 22.8 Å². The van der Waals surface area contributed by atoms with Crippen molar-refractivity contribution >= 4 is 11.5 Å². The van der Waals surface area contributed by atoms with Gasteiger partial charge in [0.1, 0.15) is 0 Å². The van der Waals surface area contributed by atoms with Gasteiger partial charge in [0.25, 0.3) is 0 Å². The molecular formula is C16H13N3O2. The topological polar surface area (TPSA) is 59.2 Å². The molecule has 0 saturated heterocycles. The van der Waals surface area contributed by atoms with E-state index in [4.69, 9.17) is 9.47 Å². The van der Waals surface area contributed by atoms with Crippen LogP contribution in [0.3, 0.4) is 0 Å². The van der Waals surface area contributed by atoms with Gasteiger partial charge < -0.3 is 14.8 Å². The Hall–Kier alpha value is -2.95. The number of ether oxygens (including phenoxy) is 2. The lowest BCUT2D eigenvalue weighted by Crippen LogP contribution is -1.92. The summed E-state index contributed by atoms with van der Waals surface area (Å²) < 4.78 is 10.7. The molecule has 3 aromatic rings. The summed E-state index contributed by atoms with van der Waals surface area (Å²) in [7, 11) is 0. The Morgan fingerprint density at radius 3 is 2.71 bits per heavy atom. The molecule has 0 spiro atoms. The third kappa shape index (κ3) is 2.29. The van der Waals surface area contributed by atoms with E-state index in [9.17, 15) is 0 Å². The number of hydrogen-bond donors (Lipinski definition) is 2. The Bertz CT molecular complexity index is 768. The summed E-state index contributed by atoms with van der Waals surface area (Å²) in [6.07, 6.45) is 0. The molecule has 21 heavy (non-hydrogen) atoms. The van der Waals surface area contributed by atoms with Crippen molar-refractivity contribution < 1.29 is 9.47 Å². The van der Waals surface area contributed by atoms with Gasteiger partial charge in [-0.2, -0.15) is 5.10 Å². The first-order valence-electron chi connectivity index (χ1n) is 6.66. The summed E-state index contributed by atoms with van der Waals surface area (Å²) >= 11 is 0. The van der Waals surface area contributed by atoms with Crippen LogP contribution >= 0.6 is 0 Å².